The molecular weight excluding hydrogens is 358 g/mol. The van der Waals surface area contributed by atoms with Crippen molar-refractivity contribution in [3.8, 4) is 5.75 Å². The third-order valence-corrected chi connectivity index (χ3v) is 4.91. The topological polar surface area (TPSA) is 38.3 Å². The predicted octanol–water partition coefficient (Wildman–Crippen LogP) is 5.40. The van der Waals surface area contributed by atoms with Crippen LogP contribution in [0.3, 0.4) is 0 Å². The highest BCUT2D eigenvalue weighted by atomic mass is 35.5. The molecule has 1 atom stereocenters. The molecule has 0 aliphatic heterocycles. The molecule has 0 fully saturated rings. The maximum atomic E-state index is 12.5. The number of amides is 1. The molecule has 1 N–H and O–H groups in total. The summed E-state index contributed by atoms with van der Waals surface area (Å²) in [7, 11) is 0. The minimum absolute atomic E-state index is 0.0789. The summed E-state index contributed by atoms with van der Waals surface area (Å²) in [6.07, 6.45) is 1.79. The molecule has 0 saturated carbocycles. The van der Waals surface area contributed by atoms with Crippen molar-refractivity contribution in [3.05, 3.63) is 77.3 Å². The van der Waals surface area contributed by atoms with E-state index in [0.29, 0.717) is 18.7 Å². The first-order valence-corrected chi connectivity index (χ1v) is 9.71. The van der Waals surface area contributed by atoms with Gasteiger partial charge < -0.3 is 10.1 Å². The number of carbonyl (C=O) groups excluding carboxylic acids is 1. The largest absolute Gasteiger partial charge is 0.481 e. The summed E-state index contributed by atoms with van der Waals surface area (Å²) < 4.78 is 5.93. The lowest BCUT2D eigenvalue weighted by Gasteiger charge is -2.17. The third-order valence-electron chi connectivity index (χ3n) is 4.54. The number of carbonyl (C=O) groups is 1. The lowest BCUT2D eigenvalue weighted by atomic mass is 10.1. The van der Waals surface area contributed by atoms with E-state index in [1.165, 1.54) is 0 Å². The van der Waals surface area contributed by atoms with Crippen LogP contribution in [0.5, 0.6) is 5.75 Å². The second kappa shape index (κ2) is 9.43. The number of fused-ring (bicyclic) bond motifs is 1. The van der Waals surface area contributed by atoms with E-state index in [-0.39, 0.29) is 5.91 Å². The third kappa shape index (κ3) is 5.24. The summed E-state index contributed by atoms with van der Waals surface area (Å²) in [5.74, 6) is 0.636. The van der Waals surface area contributed by atoms with Gasteiger partial charge in [-0.25, -0.2) is 0 Å². The Balaban J connectivity index is 1.51. The Bertz CT molecular complexity index is 910. The second-order valence-electron chi connectivity index (χ2n) is 6.51. The number of nitrogens with one attached hydrogen (secondary N) is 1. The average Bonchev–Trinajstić information content (AvgIpc) is 2.70. The summed E-state index contributed by atoms with van der Waals surface area (Å²) in [6, 6.07) is 21.8. The van der Waals surface area contributed by atoms with Crippen LogP contribution in [0.25, 0.3) is 10.8 Å². The van der Waals surface area contributed by atoms with Crippen LogP contribution in [0.15, 0.2) is 66.7 Å². The first kappa shape index (κ1) is 19.2. The molecule has 0 saturated heterocycles. The van der Waals surface area contributed by atoms with E-state index in [1.807, 2.05) is 67.6 Å². The van der Waals surface area contributed by atoms with Gasteiger partial charge in [-0.1, -0.05) is 67.1 Å². The van der Waals surface area contributed by atoms with Crippen LogP contribution in [-0.4, -0.2) is 18.6 Å². The lowest BCUT2D eigenvalue weighted by Crippen LogP contribution is -2.38. The number of hydrogen-bond donors (Lipinski definition) is 1. The zero-order valence-corrected chi connectivity index (χ0v) is 16.2. The second-order valence-corrected chi connectivity index (χ2v) is 6.92. The van der Waals surface area contributed by atoms with E-state index in [1.54, 1.807) is 0 Å². The molecule has 0 aromatic heterocycles. The fraction of sp³-hybridized carbons (Fsp3) is 0.261. The zero-order chi connectivity index (χ0) is 19.1. The SMILES string of the molecule is CC[C@@H](Oc1ccc2ccccc2c1)C(=O)NCCCc1ccccc1Cl. The molecular formula is C23H24ClNO2. The number of halogens is 1. The highest BCUT2D eigenvalue weighted by Crippen LogP contribution is 2.22. The van der Waals surface area contributed by atoms with Crippen molar-refractivity contribution in [1.82, 2.24) is 5.32 Å². The molecule has 140 valence electrons. The monoisotopic (exact) mass is 381 g/mol. The van der Waals surface area contributed by atoms with E-state index in [0.717, 1.165) is 34.2 Å². The van der Waals surface area contributed by atoms with Gasteiger partial charge in [-0.15, -0.1) is 0 Å². The van der Waals surface area contributed by atoms with Crippen molar-refractivity contribution < 1.29 is 9.53 Å². The molecule has 3 rings (SSSR count). The first-order chi connectivity index (χ1) is 13.2. The highest BCUT2D eigenvalue weighted by molar-refractivity contribution is 6.31. The number of aryl methyl sites for hydroxylation is 1. The van der Waals surface area contributed by atoms with Gasteiger partial charge in [-0.3, -0.25) is 4.79 Å². The van der Waals surface area contributed by atoms with Gasteiger partial charge >= 0.3 is 0 Å². The van der Waals surface area contributed by atoms with Crippen LogP contribution in [0.2, 0.25) is 5.02 Å². The van der Waals surface area contributed by atoms with Gasteiger partial charge in [0, 0.05) is 11.6 Å². The van der Waals surface area contributed by atoms with Gasteiger partial charge in [0.25, 0.3) is 5.91 Å². The minimum atomic E-state index is -0.494. The Hall–Kier alpha value is -2.52. The Labute approximate surface area is 165 Å². The van der Waals surface area contributed by atoms with Gasteiger partial charge in [0.15, 0.2) is 6.10 Å². The molecule has 4 heteroatoms. The summed E-state index contributed by atoms with van der Waals surface area (Å²) in [5, 5.41) is 6.00. The highest BCUT2D eigenvalue weighted by Gasteiger charge is 2.18. The Morgan fingerprint density at radius 2 is 1.78 bits per heavy atom. The van der Waals surface area contributed by atoms with E-state index in [2.05, 4.69) is 11.4 Å². The zero-order valence-electron chi connectivity index (χ0n) is 15.5. The summed E-state index contributed by atoms with van der Waals surface area (Å²) in [5.41, 5.74) is 1.10. The van der Waals surface area contributed by atoms with Gasteiger partial charge in [0.05, 0.1) is 0 Å². The average molecular weight is 382 g/mol. The summed E-state index contributed by atoms with van der Waals surface area (Å²) in [4.78, 5) is 12.5. The molecule has 0 spiro atoms. The van der Waals surface area contributed by atoms with Crippen LogP contribution in [0, 0.1) is 0 Å². The number of hydrogen-bond acceptors (Lipinski definition) is 2. The van der Waals surface area contributed by atoms with Gasteiger partial charge in [0.2, 0.25) is 0 Å². The van der Waals surface area contributed by atoms with Gasteiger partial charge in [-0.2, -0.15) is 0 Å². The summed E-state index contributed by atoms with van der Waals surface area (Å²) >= 11 is 6.16. The van der Waals surface area contributed by atoms with E-state index in [4.69, 9.17) is 16.3 Å². The number of ether oxygens (including phenoxy) is 1. The maximum absolute atomic E-state index is 12.5. The number of rotatable bonds is 8. The van der Waals surface area contributed by atoms with Crippen LogP contribution in [-0.2, 0) is 11.2 Å². The van der Waals surface area contributed by atoms with Crippen molar-refractivity contribution in [2.24, 2.45) is 0 Å². The van der Waals surface area contributed by atoms with Crippen LogP contribution in [0.1, 0.15) is 25.3 Å². The Kier molecular flexibility index (Phi) is 6.72. The van der Waals surface area contributed by atoms with Crippen molar-refractivity contribution >= 4 is 28.3 Å². The fourth-order valence-corrected chi connectivity index (χ4v) is 3.26. The molecule has 3 aromatic carbocycles. The predicted molar refractivity (Wildman–Crippen MR) is 111 cm³/mol. The van der Waals surface area contributed by atoms with E-state index < -0.39 is 6.10 Å². The summed E-state index contributed by atoms with van der Waals surface area (Å²) in [6.45, 7) is 2.55. The lowest BCUT2D eigenvalue weighted by molar-refractivity contribution is -0.128. The molecule has 3 nitrogen and oxygen atoms in total. The standard InChI is InChI=1S/C23H24ClNO2/c1-2-22(27-20-14-13-17-8-3-4-10-19(17)16-20)23(26)25-15-7-11-18-9-5-6-12-21(18)24/h3-6,8-10,12-14,16,22H,2,7,11,15H2,1H3,(H,25,26)/t22-/m1/s1. The number of benzene rings is 3. The van der Waals surface area contributed by atoms with E-state index in [9.17, 15) is 4.79 Å². The molecule has 0 aliphatic carbocycles. The van der Waals surface area contributed by atoms with Crippen molar-refractivity contribution in [1.29, 1.82) is 0 Å². The molecule has 3 aromatic rings. The molecule has 0 heterocycles. The van der Waals surface area contributed by atoms with Crippen LogP contribution >= 0.6 is 11.6 Å². The molecule has 0 radical (unpaired) electrons. The van der Waals surface area contributed by atoms with Gasteiger partial charge in [-0.05, 0) is 53.8 Å². The normalized spacial score (nSPS) is 11.9. The quantitative estimate of drug-likeness (QED) is 0.530. The van der Waals surface area contributed by atoms with Crippen LogP contribution < -0.4 is 10.1 Å². The maximum Gasteiger partial charge on any atom is 0.261 e. The smallest absolute Gasteiger partial charge is 0.261 e. The van der Waals surface area contributed by atoms with Crippen molar-refractivity contribution in [2.45, 2.75) is 32.3 Å². The van der Waals surface area contributed by atoms with Crippen molar-refractivity contribution in [2.75, 3.05) is 6.54 Å². The van der Waals surface area contributed by atoms with Gasteiger partial charge in [0.1, 0.15) is 5.75 Å². The molecule has 0 aliphatic rings. The van der Waals surface area contributed by atoms with Crippen LogP contribution in [0.4, 0.5) is 0 Å². The minimum Gasteiger partial charge on any atom is -0.481 e. The molecule has 1 amide bonds. The Morgan fingerprint density at radius 3 is 2.56 bits per heavy atom. The van der Waals surface area contributed by atoms with E-state index >= 15 is 0 Å². The molecule has 0 bridgehead atoms. The molecule has 27 heavy (non-hydrogen) atoms. The Morgan fingerprint density at radius 1 is 1.04 bits per heavy atom. The first-order valence-electron chi connectivity index (χ1n) is 9.34. The molecule has 0 unspecified atom stereocenters. The fourth-order valence-electron chi connectivity index (χ4n) is 3.03. The van der Waals surface area contributed by atoms with Crippen molar-refractivity contribution in [3.63, 3.8) is 0 Å².